The monoisotopic (exact) mass is 958 g/mol. The van der Waals surface area contributed by atoms with Gasteiger partial charge in [-0.25, -0.2) is 19.2 Å². The highest BCUT2D eigenvalue weighted by Crippen LogP contribution is 2.43. The van der Waals surface area contributed by atoms with Crippen LogP contribution in [0.5, 0.6) is 11.5 Å². The number of benzene rings is 7. The van der Waals surface area contributed by atoms with Gasteiger partial charge in [0.2, 0.25) is 0 Å². The molecule has 0 aliphatic heterocycles. The molecule has 0 aromatic heterocycles. The van der Waals surface area contributed by atoms with E-state index in [1.165, 1.54) is 121 Å². The molecule has 0 N–H and O–H groups in total. The number of hydrogen-bond donors (Lipinski definition) is 0. The molecule has 358 valence electrons. The summed E-state index contributed by atoms with van der Waals surface area (Å²) in [5.41, 5.74) is -1.60. The Bertz CT molecular complexity index is 2950. The molecule has 7 rings (SSSR count). The highest BCUT2D eigenvalue weighted by Gasteiger charge is 2.43. The van der Waals surface area contributed by atoms with Crippen LogP contribution in [0.3, 0.4) is 0 Å². The van der Waals surface area contributed by atoms with Crippen LogP contribution in [0.15, 0.2) is 182 Å². The van der Waals surface area contributed by atoms with E-state index in [2.05, 4.69) is 0 Å². The zero-order valence-corrected chi connectivity index (χ0v) is 38.0. The van der Waals surface area contributed by atoms with Crippen molar-refractivity contribution in [3.8, 4) is 11.5 Å². The van der Waals surface area contributed by atoms with Crippen molar-refractivity contribution in [2.45, 2.75) is 63.1 Å². The number of carbonyl (C=O) groups is 4. The third kappa shape index (κ3) is 12.0. The fraction of sp³-hybridized carbons (Fsp3) is 0.179. The largest absolute Gasteiger partial charge is 0.451 e. The molecule has 0 spiro atoms. The van der Waals surface area contributed by atoms with Gasteiger partial charge >= 0.3 is 36.2 Å². The first-order valence-corrected chi connectivity index (χ1v) is 21.7. The standard InChI is InChI=1S/C56H44F6O8/c1-53(2,69-51(65)40-14-9-6-10-15-40)43-26-18-35(19-27-43)48(56(60,61)62)38-24-32-46(33-25-38)68-50(64)41-16-11-17-42(34-41)52(66)70-54(3,4)44-28-20-36(21-29-44)47(55(57,58)59)37-22-30-45(31-23-37)67-49(63)39-12-7-5-8-13-39/h5-34,47-48H,1-4H3. The van der Waals surface area contributed by atoms with Crippen LogP contribution in [0.1, 0.15) is 114 Å². The Hall–Kier alpha value is -8.00. The number of hydrogen-bond acceptors (Lipinski definition) is 8. The fourth-order valence-corrected chi connectivity index (χ4v) is 7.70. The fourth-order valence-electron chi connectivity index (χ4n) is 7.70. The van der Waals surface area contributed by atoms with E-state index in [9.17, 15) is 45.5 Å². The number of alkyl halides is 6. The molecule has 70 heavy (non-hydrogen) atoms. The molecule has 2 unspecified atom stereocenters. The van der Waals surface area contributed by atoms with Gasteiger partial charge in [0, 0.05) is 0 Å². The SMILES string of the molecule is CC(C)(OC(=O)c1ccccc1)c1ccc(C(c2ccc(OC(=O)c3cccc(C(=O)OC(C)(C)c4ccc(C(c5ccc(OC(=O)c6ccccc6)cc5)C(F)(F)F)cc4)c3)cc2)C(F)(F)F)cc1. The van der Waals surface area contributed by atoms with Gasteiger partial charge in [0.15, 0.2) is 0 Å². The van der Waals surface area contributed by atoms with E-state index in [-0.39, 0.29) is 50.4 Å². The second kappa shape index (κ2) is 20.3. The Morgan fingerprint density at radius 1 is 0.357 bits per heavy atom. The molecule has 14 heteroatoms. The summed E-state index contributed by atoms with van der Waals surface area (Å²) in [7, 11) is 0. The maximum Gasteiger partial charge on any atom is 0.399 e. The van der Waals surface area contributed by atoms with Gasteiger partial charge in [-0.3, -0.25) is 0 Å². The molecule has 0 amide bonds. The average molecular weight is 959 g/mol. The van der Waals surface area contributed by atoms with Gasteiger partial charge in [-0.05, 0) is 128 Å². The lowest BCUT2D eigenvalue weighted by Gasteiger charge is -2.27. The molecule has 0 radical (unpaired) electrons. The van der Waals surface area contributed by atoms with Gasteiger partial charge in [0.25, 0.3) is 0 Å². The molecule has 0 aliphatic carbocycles. The van der Waals surface area contributed by atoms with Crippen LogP contribution in [0.4, 0.5) is 26.3 Å². The average Bonchev–Trinajstić information content (AvgIpc) is 3.32. The van der Waals surface area contributed by atoms with Crippen LogP contribution in [0, 0.1) is 0 Å². The Labute approximate surface area is 399 Å². The molecule has 0 saturated carbocycles. The van der Waals surface area contributed by atoms with E-state index in [0.717, 1.165) is 0 Å². The zero-order valence-electron chi connectivity index (χ0n) is 38.0. The maximum absolute atomic E-state index is 14.6. The van der Waals surface area contributed by atoms with Crippen molar-refractivity contribution >= 4 is 23.9 Å². The summed E-state index contributed by atoms with van der Waals surface area (Å²) >= 11 is 0. The van der Waals surface area contributed by atoms with Crippen molar-refractivity contribution in [3.05, 3.63) is 238 Å². The first-order chi connectivity index (χ1) is 33.1. The predicted molar refractivity (Wildman–Crippen MR) is 248 cm³/mol. The van der Waals surface area contributed by atoms with E-state index in [0.29, 0.717) is 16.7 Å². The van der Waals surface area contributed by atoms with Crippen molar-refractivity contribution < 1.29 is 64.5 Å². The number of ether oxygens (including phenoxy) is 4. The lowest BCUT2D eigenvalue weighted by atomic mass is 9.88. The molecule has 0 saturated heterocycles. The zero-order chi connectivity index (χ0) is 50.4. The highest BCUT2D eigenvalue weighted by molar-refractivity contribution is 5.96. The van der Waals surface area contributed by atoms with Crippen LogP contribution >= 0.6 is 0 Å². The summed E-state index contributed by atoms with van der Waals surface area (Å²) in [6.07, 6.45) is -9.41. The molecule has 0 aliphatic rings. The molecular weight excluding hydrogens is 915 g/mol. The Kier molecular flexibility index (Phi) is 14.5. The van der Waals surface area contributed by atoms with Crippen LogP contribution in [-0.2, 0) is 20.7 Å². The van der Waals surface area contributed by atoms with Gasteiger partial charge in [0.1, 0.15) is 34.5 Å². The molecule has 2 atom stereocenters. The molecule has 0 bridgehead atoms. The van der Waals surface area contributed by atoms with E-state index >= 15 is 0 Å². The quantitative estimate of drug-likeness (QED) is 0.0603. The van der Waals surface area contributed by atoms with Crippen molar-refractivity contribution in [2.75, 3.05) is 0 Å². The van der Waals surface area contributed by atoms with Gasteiger partial charge in [-0.1, -0.05) is 115 Å². The smallest absolute Gasteiger partial charge is 0.399 e. The normalized spacial score (nSPS) is 12.8. The lowest BCUT2D eigenvalue weighted by Crippen LogP contribution is -2.26. The second-order valence-electron chi connectivity index (χ2n) is 17.2. The minimum atomic E-state index is -4.71. The summed E-state index contributed by atoms with van der Waals surface area (Å²) in [5, 5.41) is 0. The predicted octanol–water partition coefficient (Wildman–Crippen LogP) is 13.7. The first kappa shape index (κ1) is 49.9. The molecule has 7 aromatic rings. The molecule has 0 fully saturated rings. The minimum Gasteiger partial charge on any atom is -0.451 e. The summed E-state index contributed by atoms with van der Waals surface area (Å²) in [4.78, 5) is 51.8. The minimum absolute atomic E-state index is 0.0543. The topological polar surface area (TPSA) is 105 Å². The highest BCUT2D eigenvalue weighted by atomic mass is 19.4. The third-order valence-electron chi connectivity index (χ3n) is 11.4. The Balaban J connectivity index is 0.982. The maximum atomic E-state index is 14.6. The number of esters is 4. The van der Waals surface area contributed by atoms with Gasteiger partial charge in [0.05, 0.1) is 22.3 Å². The van der Waals surface area contributed by atoms with Crippen LogP contribution in [0.25, 0.3) is 0 Å². The Morgan fingerprint density at radius 2 is 0.643 bits per heavy atom. The summed E-state index contributed by atoms with van der Waals surface area (Å²) in [5.74, 6) is -7.11. The third-order valence-corrected chi connectivity index (χ3v) is 11.4. The van der Waals surface area contributed by atoms with Crippen molar-refractivity contribution in [1.29, 1.82) is 0 Å². The van der Waals surface area contributed by atoms with E-state index in [1.54, 1.807) is 88.4 Å². The molecule has 8 nitrogen and oxygen atoms in total. The summed E-state index contributed by atoms with van der Waals surface area (Å²) in [6.45, 7) is 6.36. The Morgan fingerprint density at radius 3 is 1.00 bits per heavy atom. The molecule has 0 heterocycles. The van der Waals surface area contributed by atoms with Crippen LogP contribution in [-0.4, -0.2) is 36.2 Å². The van der Waals surface area contributed by atoms with E-state index in [1.807, 2.05) is 0 Å². The van der Waals surface area contributed by atoms with Gasteiger partial charge in [-0.15, -0.1) is 0 Å². The van der Waals surface area contributed by atoms with E-state index in [4.69, 9.17) is 18.9 Å². The van der Waals surface area contributed by atoms with Gasteiger partial charge < -0.3 is 18.9 Å². The number of rotatable bonds is 14. The van der Waals surface area contributed by atoms with Crippen LogP contribution < -0.4 is 9.47 Å². The lowest BCUT2D eigenvalue weighted by molar-refractivity contribution is -0.142. The molecular formula is C56H44F6O8. The van der Waals surface area contributed by atoms with Crippen LogP contribution in [0.2, 0.25) is 0 Å². The molecule has 7 aromatic carbocycles. The summed E-state index contributed by atoms with van der Waals surface area (Å²) < 4.78 is 110. The summed E-state index contributed by atoms with van der Waals surface area (Å²) in [6, 6.07) is 42.7. The first-order valence-electron chi connectivity index (χ1n) is 21.7. The second-order valence-corrected chi connectivity index (χ2v) is 17.2. The van der Waals surface area contributed by atoms with E-state index < -0.39 is 59.3 Å². The van der Waals surface area contributed by atoms with Crippen molar-refractivity contribution in [2.24, 2.45) is 0 Å². The number of carbonyl (C=O) groups excluding carboxylic acids is 4. The van der Waals surface area contributed by atoms with Crippen molar-refractivity contribution in [1.82, 2.24) is 0 Å². The van der Waals surface area contributed by atoms with Gasteiger partial charge in [-0.2, -0.15) is 26.3 Å². The number of halogens is 6. The van der Waals surface area contributed by atoms with Crippen molar-refractivity contribution in [3.63, 3.8) is 0 Å².